The smallest absolute Gasteiger partial charge is 0.263 e. The largest absolute Gasteiger partial charge is 0.454 e. The molecule has 36 heavy (non-hydrogen) atoms. The van der Waals surface area contributed by atoms with E-state index in [4.69, 9.17) is 9.47 Å². The van der Waals surface area contributed by atoms with Crippen molar-refractivity contribution in [2.75, 3.05) is 12.1 Å². The van der Waals surface area contributed by atoms with Gasteiger partial charge in [-0.15, -0.1) is 0 Å². The Morgan fingerprint density at radius 2 is 1.92 bits per heavy atom. The number of H-pyrrole nitrogens is 1. The minimum atomic E-state index is -0.383. The first-order chi connectivity index (χ1) is 17.5. The number of ether oxygens (including phenoxy) is 2. The van der Waals surface area contributed by atoms with Crippen LogP contribution in [0.15, 0.2) is 71.7 Å². The molecule has 1 amide bonds. The highest BCUT2D eigenvalue weighted by atomic mass is 16.7. The highest BCUT2D eigenvalue weighted by molar-refractivity contribution is 6.01. The van der Waals surface area contributed by atoms with E-state index in [1.165, 1.54) is 17.0 Å². The van der Waals surface area contributed by atoms with E-state index in [-0.39, 0.29) is 24.2 Å². The lowest BCUT2D eigenvalue weighted by Crippen LogP contribution is -2.18. The van der Waals surface area contributed by atoms with E-state index in [2.05, 4.69) is 25.5 Å². The monoisotopic (exact) mass is 481 g/mol. The number of nitrogens with one attached hydrogen (secondary N) is 2. The van der Waals surface area contributed by atoms with Crippen LogP contribution in [0.25, 0.3) is 28.7 Å². The average Bonchev–Trinajstić information content (AvgIpc) is 3.61. The summed E-state index contributed by atoms with van der Waals surface area (Å²) in [6.45, 7) is 1.96. The molecule has 11 nitrogen and oxygen atoms in total. The molecule has 1 aliphatic rings. The highest BCUT2D eigenvalue weighted by Crippen LogP contribution is 2.32. The van der Waals surface area contributed by atoms with Crippen LogP contribution >= 0.6 is 0 Å². The van der Waals surface area contributed by atoms with Gasteiger partial charge in [0, 0.05) is 12.1 Å². The van der Waals surface area contributed by atoms with Gasteiger partial charge in [0.05, 0.1) is 17.6 Å². The number of rotatable bonds is 5. The molecule has 0 atom stereocenters. The minimum Gasteiger partial charge on any atom is -0.454 e. The number of hydrogen-bond donors (Lipinski definition) is 2. The summed E-state index contributed by atoms with van der Waals surface area (Å²) in [5.74, 6) is 1.41. The molecule has 0 radical (unpaired) electrons. The normalized spacial score (nSPS) is 12.5. The van der Waals surface area contributed by atoms with Crippen LogP contribution in [0, 0.1) is 6.92 Å². The van der Waals surface area contributed by atoms with Crippen LogP contribution in [0.2, 0.25) is 0 Å². The average molecular weight is 481 g/mol. The number of hydrogen-bond acceptors (Lipinski definition) is 7. The van der Waals surface area contributed by atoms with Crippen LogP contribution in [0.4, 0.5) is 5.82 Å². The maximum Gasteiger partial charge on any atom is 0.263 e. The van der Waals surface area contributed by atoms with E-state index >= 15 is 0 Å². The van der Waals surface area contributed by atoms with Crippen LogP contribution in [0.3, 0.4) is 0 Å². The topological polar surface area (TPSA) is 129 Å². The molecule has 178 valence electrons. The Morgan fingerprint density at radius 3 is 2.78 bits per heavy atom. The van der Waals surface area contributed by atoms with Crippen molar-refractivity contribution in [1.29, 1.82) is 0 Å². The zero-order valence-electron chi connectivity index (χ0n) is 19.0. The maximum absolute atomic E-state index is 12.8. The first-order valence-electron chi connectivity index (χ1n) is 11.0. The lowest BCUT2D eigenvalue weighted by molar-refractivity contribution is -0.111. The summed E-state index contributed by atoms with van der Waals surface area (Å²) in [5, 5.41) is 11.9. The molecule has 0 saturated carbocycles. The van der Waals surface area contributed by atoms with Crippen LogP contribution in [0.5, 0.6) is 11.5 Å². The van der Waals surface area contributed by atoms with Crippen molar-refractivity contribution in [1.82, 2.24) is 29.5 Å². The molecule has 1 aliphatic heterocycles. The third-order valence-corrected chi connectivity index (χ3v) is 5.53. The van der Waals surface area contributed by atoms with Crippen molar-refractivity contribution in [3.63, 3.8) is 0 Å². The number of fused-ring (bicyclic) bond motifs is 2. The van der Waals surface area contributed by atoms with E-state index in [9.17, 15) is 9.59 Å². The zero-order valence-corrected chi connectivity index (χ0v) is 19.0. The van der Waals surface area contributed by atoms with Gasteiger partial charge in [0.1, 0.15) is 11.2 Å². The lowest BCUT2D eigenvalue weighted by Gasteiger charge is -2.08. The van der Waals surface area contributed by atoms with Crippen molar-refractivity contribution < 1.29 is 14.3 Å². The van der Waals surface area contributed by atoms with Gasteiger partial charge in [-0.3, -0.25) is 14.6 Å². The lowest BCUT2D eigenvalue weighted by atomic mass is 10.2. The molecule has 0 unspecified atom stereocenters. The first kappa shape index (κ1) is 21.4. The first-order valence-corrected chi connectivity index (χ1v) is 11.0. The van der Waals surface area contributed by atoms with Crippen LogP contribution in [0.1, 0.15) is 11.3 Å². The van der Waals surface area contributed by atoms with Gasteiger partial charge in [0.2, 0.25) is 18.6 Å². The number of amides is 1. The minimum absolute atomic E-state index is 0.147. The Labute approximate surface area is 203 Å². The Hall–Kier alpha value is -5.19. The van der Waals surface area contributed by atoms with Crippen LogP contribution in [-0.2, 0) is 4.79 Å². The predicted octanol–water partition coefficient (Wildman–Crippen LogP) is 2.98. The van der Waals surface area contributed by atoms with Gasteiger partial charge in [-0.05, 0) is 42.8 Å². The summed E-state index contributed by atoms with van der Waals surface area (Å²) < 4.78 is 13.6. The molecular formula is C25H19N7O4. The number of para-hydroxylation sites is 1. The molecule has 2 N–H and O–H groups in total. The summed E-state index contributed by atoms with van der Waals surface area (Å²) >= 11 is 0. The van der Waals surface area contributed by atoms with Crippen molar-refractivity contribution in [3.05, 3.63) is 88.5 Å². The third-order valence-electron chi connectivity index (χ3n) is 5.53. The van der Waals surface area contributed by atoms with Crippen molar-refractivity contribution in [2.24, 2.45) is 0 Å². The number of nitrogens with zero attached hydrogens (tertiary/aromatic N) is 5. The Bertz CT molecular complexity index is 1700. The zero-order chi connectivity index (χ0) is 24.6. The van der Waals surface area contributed by atoms with E-state index in [1.54, 1.807) is 35.9 Å². The predicted molar refractivity (Wildman–Crippen MR) is 132 cm³/mol. The standard InChI is InChI=1S/C25H19N7O4/c1-15-11-21(27-22(33)10-8-16-7-9-19-20(12-16)36-14-35-19)32(30-15)25-28-23-18(24(34)29-25)13-26-31(23)17-5-3-2-4-6-17/h2-13H,14H2,1H3,(H,27,33)(H,28,29,34)/b10-8-. The van der Waals surface area contributed by atoms with Crippen molar-refractivity contribution >= 4 is 28.8 Å². The molecule has 2 aromatic carbocycles. The van der Waals surface area contributed by atoms with Gasteiger partial charge >= 0.3 is 0 Å². The third kappa shape index (κ3) is 3.88. The Morgan fingerprint density at radius 1 is 1.08 bits per heavy atom. The number of anilines is 1. The van der Waals surface area contributed by atoms with Gasteiger partial charge in [0.25, 0.3) is 5.56 Å². The molecule has 0 bridgehead atoms. The van der Waals surface area contributed by atoms with Gasteiger partial charge in [-0.1, -0.05) is 24.3 Å². The molecule has 0 spiro atoms. The molecular weight excluding hydrogens is 462 g/mol. The van der Waals surface area contributed by atoms with Crippen LogP contribution < -0.4 is 20.3 Å². The Balaban J connectivity index is 1.31. The molecule has 3 aromatic heterocycles. The molecule has 0 saturated heterocycles. The van der Waals surface area contributed by atoms with Gasteiger partial charge < -0.3 is 14.8 Å². The summed E-state index contributed by atoms with van der Waals surface area (Å²) in [4.78, 5) is 32.8. The SMILES string of the molecule is Cc1cc(NC(=O)/C=C\c2ccc3c(c2)OCO3)n(-c2nc3c(cnn3-c3ccccc3)c(=O)[nH]2)n1. The molecule has 5 aromatic rings. The Kier molecular flexibility index (Phi) is 5.07. The molecule has 6 rings (SSSR count). The van der Waals surface area contributed by atoms with E-state index in [1.807, 2.05) is 36.4 Å². The number of aromatic amines is 1. The van der Waals surface area contributed by atoms with Gasteiger partial charge in [-0.2, -0.15) is 19.9 Å². The van der Waals surface area contributed by atoms with Crippen molar-refractivity contribution in [3.8, 4) is 23.1 Å². The summed E-state index contributed by atoms with van der Waals surface area (Å²) in [5.41, 5.74) is 2.17. The van der Waals surface area contributed by atoms with E-state index in [0.717, 1.165) is 11.3 Å². The summed E-state index contributed by atoms with van der Waals surface area (Å²) in [6.07, 6.45) is 4.53. The fourth-order valence-electron chi connectivity index (χ4n) is 3.87. The molecule has 0 fully saturated rings. The van der Waals surface area contributed by atoms with E-state index in [0.29, 0.717) is 34.0 Å². The summed E-state index contributed by atoms with van der Waals surface area (Å²) in [7, 11) is 0. The maximum atomic E-state index is 12.8. The molecule has 4 heterocycles. The fraction of sp³-hybridized carbons (Fsp3) is 0.0800. The second kappa shape index (κ2) is 8.55. The quantitative estimate of drug-likeness (QED) is 0.369. The highest BCUT2D eigenvalue weighted by Gasteiger charge is 2.17. The van der Waals surface area contributed by atoms with E-state index < -0.39 is 0 Å². The molecule has 11 heteroatoms. The number of aryl methyl sites for hydroxylation is 1. The summed E-state index contributed by atoms with van der Waals surface area (Å²) in [6, 6.07) is 16.5. The second-order valence-corrected chi connectivity index (χ2v) is 8.04. The number of carbonyl (C=O) groups excluding carboxylic acids is 1. The second-order valence-electron chi connectivity index (χ2n) is 8.04. The fourth-order valence-corrected chi connectivity index (χ4v) is 3.87. The van der Waals surface area contributed by atoms with Crippen molar-refractivity contribution in [2.45, 2.75) is 6.92 Å². The van der Waals surface area contributed by atoms with Gasteiger partial charge in [0.15, 0.2) is 17.1 Å². The van der Waals surface area contributed by atoms with Gasteiger partial charge in [-0.25, -0.2) is 4.68 Å². The van der Waals surface area contributed by atoms with Crippen LogP contribution in [-0.4, -0.2) is 42.2 Å². The number of carbonyl (C=O) groups is 1. The number of benzene rings is 2. The number of aromatic nitrogens is 6. The molecule has 0 aliphatic carbocycles.